The Morgan fingerprint density at radius 3 is 2.86 bits per heavy atom. The maximum Gasteiger partial charge on any atom is 0.288 e. The van der Waals surface area contributed by atoms with Gasteiger partial charge in [0, 0.05) is 6.54 Å². The number of sulfonamides is 1. The molecule has 9 heteroatoms. The maximum atomic E-state index is 11.1. The van der Waals surface area contributed by atoms with Crippen LogP contribution in [-0.4, -0.2) is 41.8 Å². The smallest absolute Gasteiger partial charge is 0.288 e. The van der Waals surface area contributed by atoms with Crippen LogP contribution < -0.4 is 10.5 Å². The van der Waals surface area contributed by atoms with Crippen LogP contribution in [0.25, 0.3) is 0 Å². The summed E-state index contributed by atoms with van der Waals surface area (Å²) in [5, 5.41) is 12.8. The molecule has 0 unspecified atom stereocenters. The fraction of sp³-hybridized carbons (Fsp3) is 0.400. The third-order valence-electron chi connectivity index (χ3n) is 1.30. The lowest BCUT2D eigenvalue weighted by Gasteiger charge is -2.00. The van der Waals surface area contributed by atoms with Crippen molar-refractivity contribution in [2.75, 3.05) is 12.3 Å². The van der Waals surface area contributed by atoms with Crippen molar-refractivity contribution in [1.29, 1.82) is 0 Å². The second-order valence-corrected chi connectivity index (χ2v) is 4.19. The SMILES string of the molecule is NS(=O)(=O)CCNC(=O)c1ncn[nH]1. The standard InChI is InChI=1S/C5H9N5O3S/c6-14(12,13)2-1-7-5(11)4-8-3-9-10-4/h3H,1-2H2,(H,7,11)(H2,6,12,13)(H,8,9,10). The molecule has 0 aliphatic heterocycles. The number of amides is 1. The normalized spacial score (nSPS) is 11.2. The van der Waals surface area contributed by atoms with E-state index in [1.807, 2.05) is 0 Å². The molecule has 0 spiro atoms. The van der Waals surface area contributed by atoms with Crippen molar-refractivity contribution in [2.24, 2.45) is 5.14 Å². The van der Waals surface area contributed by atoms with E-state index in [4.69, 9.17) is 5.14 Å². The molecule has 1 aromatic heterocycles. The second-order valence-electron chi connectivity index (χ2n) is 2.46. The first-order valence-corrected chi connectivity index (χ1v) is 5.34. The summed E-state index contributed by atoms with van der Waals surface area (Å²) in [5.74, 6) is -0.807. The number of aromatic nitrogens is 3. The Morgan fingerprint density at radius 1 is 1.64 bits per heavy atom. The molecule has 0 bridgehead atoms. The fourth-order valence-corrected chi connectivity index (χ4v) is 1.09. The predicted molar refractivity (Wildman–Crippen MR) is 46.7 cm³/mol. The summed E-state index contributed by atoms with van der Waals surface area (Å²) in [7, 11) is -3.55. The van der Waals surface area contributed by atoms with E-state index >= 15 is 0 Å². The number of nitrogens with one attached hydrogen (secondary N) is 2. The Bertz CT molecular complexity index is 397. The molecule has 1 rings (SSSR count). The van der Waals surface area contributed by atoms with Gasteiger partial charge in [-0.05, 0) is 0 Å². The molecule has 1 aromatic rings. The van der Waals surface area contributed by atoms with Gasteiger partial charge in [-0.25, -0.2) is 18.5 Å². The molecular formula is C5H9N5O3S. The predicted octanol–water partition coefficient (Wildman–Crippen LogP) is -2.18. The molecule has 0 saturated carbocycles. The average molecular weight is 219 g/mol. The molecule has 14 heavy (non-hydrogen) atoms. The zero-order valence-corrected chi connectivity index (χ0v) is 7.91. The molecule has 1 amide bonds. The van der Waals surface area contributed by atoms with Crippen LogP contribution >= 0.6 is 0 Å². The van der Waals surface area contributed by atoms with E-state index in [0.717, 1.165) is 0 Å². The van der Waals surface area contributed by atoms with E-state index in [9.17, 15) is 13.2 Å². The monoisotopic (exact) mass is 219 g/mol. The molecule has 8 nitrogen and oxygen atoms in total. The van der Waals surface area contributed by atoms with Crippen molar-refractivity contribution in [2.45, 2.75) is 0 Å². The summed E-state index contributed by atoms with van der Waals surface area (Å²) in [6.07, 6.45) is 1.18. The van der Waals surface area contributed by atoms with E-state index in [2.05, 4.69) is 20.5 Å². The highest BCUT2D eigenvalue weighted by Crippen LogP contribution is 1.84. The number of carbonyl (C=O) groups excluding carboxylic acids is 1. The van der Waals surface area contributed by atoms with E-state index in [0.29, 0.717) is 0 Å². The van der Waals surface area contributed by atoms with Crippen molar-refractivity contribution in [3.8, 4) is 0 Å². The number of primary sulfonamides is 1. The number of hydrogen-bond acceptors (Lipinski definition) is 5. The van der Waals surface area contributed by atoms with Gasteiger partial charge in [0.25, 0.3) is 5.91 Å². The number of nitrogens with two attached hydrogens (primary N) is 1. The van der Waals surface area contributed by atoms with Gasteiger partial charge in [-0.1, -0.05) is 0 Å². The van der Waals surface area contributed by atoms with Gasteiger partial charge in [-0.15, -0.1) is 0 Å². The molecule has 4 N–H and O–H groups in total. The van der Waals surface area contributed by atoms with Crippen LogP contribution in [0.5, 0.6) is 0 Å². The van der Waals surface area contributed by atoms with Gasteiger partial charge in [-0.2, -0.15) is 5.10 Å². The molecule has 1 heterocycles. The quantitative estimate of drug-likeness (QED) is 0.530. The van der Waals surface area contributed by atoms with Crippen LogP contribution in [0.2, 0.25) is 0 Å². The molecule has 0 aliphatic rings. The third-order valence-corrected chi connectivity index (χ3v) is 2.08. The van der Waals surface area contributed by atoms with E-state index < -0.39 is 15.9 Å². The number of carbonyl (C=O) groups is 1. The van der Waals surface area contributed by atoms with E-state index in [1.165, 1.54) is 6.33 Å². The lowest BCUT2D eigenvalue weighted by Crippen LogP contribution is -2.32. The molecule has 0 atom stereocenters. The van der Waals surface area contributed by atoms with Gasteiger partial charge >= 0.3 is 0 Å². The number of nitrogens with zero attached hydrogens (tertiary/aromatic N) is 2. The topological polar surface area (TPSA) is 131 Å². The Kier molecular flexibility index (Phi) is 3.14. The summed E-state index contributed by atoms with van der Waals surface area (Å²) in [5.41, 5.74) is 0. The summed E-state index contributed by atoms with van der Waals surface area (Å²) in [6.45, 7) is -0.0572. The first kappa shape index (κ1) is 10.6. The highest BCUT2D eigenvalue weighted by Gasteiger charge is 2.09. The van der Waals surface area contributed by atoms with Gasteiger partial charge in [0.1, 0.15) is 6.33 Å². The highest BCUT2D eigenvalue weighted by molar-refractivity contribution is 7.89. The van der Waals surface area contributed by atoms with Crippen LogP contribution in [0.1, 0.15) is 10.6 Å². The van der Waals surface area contributed by atoms with Crippen molar-refractivity contribution in [3.63, 3.8) is 0 Å². The Labute approximate surface area is 80.0 Å². The van der Waals surface area contributed by atoms with Crippen LogP contribution in [0.3, 0.4) is 0 Å². The first-order valence-electron chi connectivity index (χ1n) is 3.63. The minimum Gasteiger partial charge on any atom is -0.348 e. The van der Waals surface area contributed by atoms with Gasteiger partial charge in [-0.3, -0.25) is 9.89 Å². The molecule has 0 saturated heterocycles. The molecule has 78 valence electrons. The molecule has 0 fully saturated rings. The summed E-state index contributed by atoms with van der Waals surface area (Å²) >= 11 is 0. The number of aromatic amines is 1. The average Bonchev–Trinajstić information content (AvgIpc) is 2.53. The summed E-state index contributed by atoms with van der Waals surface area (Å²) in [4.78, 5) is 14.7. The van der Waals surface area contributed by atoms with E-state index in [1.54, 1.807) is 0 Å². The second kappa shape index (κ2) is 4.15. The Hall–Kier alpha value is -1.48. The lowest BCUT2D eigenvalue weighted by atomic mass is 10.5. The highest BCUT2D eigenvalue weighted by atomic mass is 32.2. The van der Waals surface area contributed by atoms with Crippen molar-refractivity contribution in [1.82, 2.24) is 20.5 Å². The van der Waals surface area contributed by atoms with Gasteiger partial charge in [0.05, 0.1) is 5.75 Å². The molecule has 0 aliphatic carbocycles. The van der Waals surface area contributed by atoms with Crippen LogP contribution in [0, 0.1) is 0 Å². The van der Waals surface area contributed by atoms with Crippen molar-refractivity contribution < 1.29 is 13.2 Å². The Balaban J connectivity index is 2.37. The van der Waals surface area contributed by atoms with Crippen molar-refractivity contribution >= 4 is 15.9 Å². The van der Waals surface area contributed by atoms with Gasteiger partial charge in [0.15, 0.2) is 0 Å². The zero-order chi connectivity index (χ0) is 10.6. The lowest BCUT2D eigenvalue weighted by molar-refractivity contribution is 0.0946. The van der Waals surface area contributed by atoms with Gasteiger partial charge in [0.2, 0.25) is 15.8 Å². The minimum absolute atomic E-state index is 0.0272. The zero-order valence-electron chi connectivity index (χ0n) is 7.10. The summed E-state index contributed by atoms with van der Waals surface area (Å²) < 4.78 is 21.0. The van der Waals surface area contributed by atoms with Crippen LogP contribution in [-0.2, 0) is 10.0 Å². The minimum atomic E-state index is -3.55. The molecular weight excluding hydrogens is 210 g/mol. The first-order chi connectivity index (χ1) is 6.49. The molecule has 0 aromatic carbocycles. The molecule has 0 radical (unpaired) electrons. The van der Waals surface area contributed by atoms with Crippen molar-refractivity contribution in [3.05, 3.63) is 12.2 Å². The number of hydrogen-bond donors (Lipinski definition) is 3. The number of H-pyrrole nitrogens is 1. The van der Waals surface area contributed by atoms with Crippen LogP contribution in [0.15, 0.2) is 6.33 Å². The Morgan fingerprint density at radius 2 is 2.36 bits per heavy atom. The van der Waals surface area contributed by atoms with Crippen LogP contribution in [0.4, 0.5) is 0 Å². The van der Waals surface area contributed by atoms with Gasteiger partial charge < -0.3 is 5.32 Å². The fourth-order valence-electron chi connectivity index (χ4n) is 0.705. The third kappa shape index (κ3) is 3.49. The number of rotatable bonds is 4. The largest absolute Gasteiger partial charge is 0.348 e. The maximum absolute atomic E-state index is 11.1. The van der Waals surface area contributed by atoms with E-state index in [-0.39, 0.29) is 18.1 Å². The summed E-state index contributed by atoms with van der Waals surface area (Å²) in [6, 6.07) is 0.